The molecule has 0 spiro atoms. The van der Waals surface area contributed by atoms with Crippen molar-refractivity contribution in [2.45, 2.75) is 10.4 Å². The predicted molar refractivity (Wildman–Crippen MR) is 45.0 cm³/mol. The summed E-state index contributed by atoms with van der Waals surface area (Å²) in [6.07, 6.45) is 0. The van der Waals surface area contributed by atoms with Gasteiger partial charge in [-0.15, -0.1) is 0 Å². The van der Waals surface area contributed by atoms with E-state index in [1.165, 1.54) is 0 Å². The molecule has 3 nitrogen and oxygen atoms in total. The van der Waals surface area contributed by atoms with E-state index < -0.39 is 38.6 Å². The number of rotatable bonds is 2. The number of thioether (sulfide) groups is 1. The third-order valence-corrected chi connectivity index (χ3v) is 2.13. The lowest BCUT2D eigenvalue weighted by atomic mass is 10.3. The van der Waals surface area contributed by atoms with Crippen molar-refractivity contribution < 1.29 is 22.5 Å². The van der Waals surface area contributed by atoms with Gasteiger partial charge in [-0.1, -0.05) is 6.07 Å². The maximum absolute atomic E-state index is 13.1. The summed E-state index contributed by atoms with van der Waals surface area (Å²) in [5.74, 6) is -1.47. The Bertz CT molecular complexity index is 393. The van der Waals surface area contributed by atoms with Crippen molar-refractivity contribution in [2.24, 2.45) is 0 Å². The molecule has 0 fully saturated rings. The quantitative estimate of drug-likeness (QED) is 0.345. The average molecular weight is 241 g/mol. The van der Waals surface area contributed by atoms with Gasteiger partial charge in [-0.25, -0.2) is 0 Å². The van der Waals surface area contributed by atoms with Gasteiger partial charge < -0.3 is 0 Å². The smallest absolute Gasteiger partial charge is 0.258 e. The fourth-order valence-corrected chi connectivity index (χ4v) is 1.43. The Balaban J connectivity index is 3.10. The lowest BCUT2D eigenvalue weighted by Gasteiger charge is -2.05. The van der Waals surface area contributed by atoms with E-state index in [0.717, 1.165) is 18.2 Å². The van der Waals surface area contributed by atoms with Gasteiger partial charge in [-0.2, -0.15) is 17.6 Å². The van der Waals surface area contributed by atoms with Crippen LogP contribution in [-0.4, -0.2) is 10.4 Å². The molecule has 0 bridgehead atoms. The highest BCUT2D eigenvalue weighted by Gasteiger charge is 2.32. The van der Waals surface area contributed by atoms with Crippen molar-refractivity contribution in [3.05, 3.63) is 34.1 Å². The van der Waals surface area contributed by atoms with E-state index in [2.05, 4.69) is 0 Å². The summed E-state index contributed by atoms with van der Waals surface area (Å²) in [6, 6.07) is 2.63. The van der Waals surface area contributed by atoms with Gasteiger partial charge in [0, 0.05) is 6.07 Å². The zero-order valence-electron chi connectivity index (χ0n) is 6.92. The molecule has 15 heavy (non-hydrogen) atoms. The average Bonchev–Trinajstić information content (AvgIpc) is 2.05. The zero-order valence-corrected chi connectivity index (χ0v) is 7.73. The van der Waals surface area contributed by atoms with Crippen LogP contribution in [0.1, 0.15) is 0 Å². The topological polar surface area (TPSA) is 43.1 Å². The molecule has 0 aliphatic carbocycles. The number of nitrogens with zero attached hydrogens (tertiary/aromatic N) is 1. The Labute approximate surface area is 85.2 Å². The van der Waals surface area contributed by atoms with Gasteiger partial charge in [-0.3, -0.25) is 10.1 Å². The number of nitro groups is 1. The molecule has 0 atom stereocenters. The number of hydrogen-bond acceptors (Lipinski definition) is 3. The van der Waals surface area contributed by atoms with Crippen LogP contribution in [0.15, 0.2) is 23.1 Å². The minimum Gasteiger partial charge on any atom is -0.258 e. The third kappa shape index (κ3) is 3.08. The van der Waals surface area contributed by atoms with Crippen molar-refractivity contribution in [2.75, 3.05) is 0 Å². The first-order chi connectivity index (χ1) is 6.81. The molecule has 0 aromatic heterocycles. The minimum atomic E-state index is -4.67. The predicted octanol–water partition coefficient (Wildman–Crippen LogP) is 3.35. The second-order valence-electron chi connectivity index (χ2n) is 2.39. The fraction of sp³-hybridized carbons (Fsp3) is 0.143. The molecule has 0 aliphatic heterocycles. The van der Waals surface area contributed by atoms with Crippen LogP contribution in [0.4, 0.5) is 23.2 Å². The second-order valence-corrected chi connectivity index (χ2v) is 3.50. The van der Waals surface area contributed by atoms with Gasteiger partial charge in [0.15, 0.2) is 0 Å². The summed E-state index contributed by atoms with van der Waals surface area (Å²) in [5, 5.41) is 10.2. The summed E-state index contributed by atoms with van der Waals surface area (Å²) < 4.78 is 48.7. The Morgan fingerprint density at radius 1 is 1.33 bits per heavy atom. The van der Waals surface area contributed by atoms with Crippen LogP contribution in [0.5, 0.6) is 0 Å². The summed E-state index contributed by atoms with van der Waals surface area (Å²) in [6.45, 7) is 0. The second kappa shape index (κ2) is 4.05. The minimum absolute atomic E-state index is 0.721. The van der Waals surface area contributed by atoms with Crippen LogP contribution in [0.2, 0.25) is 0 Å². The molecule has 0 N–H and O–H groups in total. The molecule has 0 amide bonds. The molecular weight excluding hydrogens is 238 g/mol. The Kier molecular flexibility index (Phi) is 3.18. The van der Waals surface area contributed by atoms with E-state index in [9.17, 15) is 27.7 Å². The van der Waals surface area contributed by atoms with Crippen molar-refractivity contribution in [3.8, 4) is 0 Å². The summed E-state index contributed by atoms with van der Waals surface area (Å²) in [4.78, 5) is 8.33. The van der Waals surface area contributed by atoms with Crippen LogP contribution in [0.3, 0.4) is 0 Å². The van der Waals surface area contributed by atoms with Gasteiger partial charge in [0.2, 0.25) is 5.82 Å². The summed E-state index contributed by atoms with van der Waals surface area (Å²) in [5.41, 5.74) is -5.64. The van der Waals surface area contributed by atoms with Crippen molar-refractivity contribution in [1.29, 1.82) is 0 Å². The molecule has 0 saturated heterocycles. The van der Waals surface area contributed by atoms with E-state index in [1.54, 1.807) is 0 Å². The van der Waals surface area contributed by atoms with E-state index in [0.29, 0.717) is 0 Å². The maximum Gasteiger partial charge on any atom is 0.446 e. The Morgan fingerprint density at radius 2 is 1.93 bits per heavy atom. The molecule has 8 heteroatoms. The standard InChI is InChI=1S/C7H3F4NO2S/c8-6-4(12(13)14)2-1-3-5(6)15-7(9,10)11/h1-3H. The maximum atomic E-state index is 13.1. The van der Waals surface area contributed by atoms with E-state index in [1.807, 2.05) is 0 Å². The van der Waals surface area contributed by atoms with Gasteiger partial charge in [0.05, 0.1) is 9.82 Å². The van der Waals surface area contributed by atoms with Crippen LogP contribution in [-0.2, 0) is 0 Å². The number of benzene rings is 1. The van der Waals surface area contributed by atoms with Crippen LogP contribution in [0, 0.1) is 15.9 Å². The van der Waals surface area contributed by atoms with Crippen molar-refractivity contribution >= 4 is 17.4 Å². The van der Waals surface area contributed by atoms with Gasteiger partial charge in [0.25, 0.3) is 0 Å². The van der Waals surface area contributed by atoms with E-state index in [4.69, 9.17) is 0 Å². The van der Waals surface area contributed by atoms with Crippen LogP contribution < -0.4 is 0 Å². The highest BCUT2D eigenvalue weighted by Crippen LogP contribution is 2.39. The highest BCUT2D eigenvalue weighted by molar-refractivity contribution is 8.00. The molecule has 0 heterocycles. The van der Waals surface area contributed by atoms with Gasteiger partial charge in [-0.05, 0) is 17.8 Å². The van der Waals surface area contributed by atoms with Crippen LogP contribution in [0.25, 0.3) is 0 Å². The van der Waals surface area contributed by atoms with Crippen LogP contribution >= 0.6 is 11.8 Å². The normalized spacial score (nSPS) is 11.5. The number of hydrogen-bond donors (Lipinski definition) is 0. The molecule has 82 valence electrons. The molecule has 0 unspecified atom stereocenters. The molecule has 0 saturated carbocycles. The highest BCUT2D eigenvalue weighted by atomic mass is 32.2. The Morgan fingerprint density at radius 3 is 2.40 bits per heavy atom. The monoisotopic (exact) mass is 241 g/mol. The number of nitro benzene ring substituents is 1. The first-order valence-corrected chi connectivity index (χ1v) is 4.31. The largest absolute Gasteiger partial charge is 0.446 e. The third-order valence-electron chi connectivity index (χ3n) is 1.37. The van der Waals surface area contributed by atoms with Gasteiger partial charge >= 0.3 is 11.2 Å². The Hall–Kier alpha value is -1.31. The van der Waals surface area contributed by atoms with Crippen molar-refractivity contribution in [1.82, 2.24) is 0 Å². The number of alkyl halides is 3. The molecule has 1 aromatic carbocycles. The fourth-order valence-electron chi connectivity index (χ4n) is 0.844. The number of halogens is 4. The summed E-state index contributed by atoms with van der Waals surface area (Å²) >= 11 is -0.721. The molecule has 1 aromatic rings. The van der Waals surface area contributed by atoms with E-state index >= 15 is 0 Å². The SMILES string of the molecule is O=[N+]([O-])c1cccc(SC(F)(F)F)c1F. The van der Waals surface area contributed by atoms with E-state index in [-0.39, 0.29) is 0 Å². The lowest BCUT2D eigenvalue weighted by Crippen LogP contribution is -2.01. The molecule has 0 aliphatic rings. The molecular formula is C7H3F4NO2S. The zero-order chi connectivity index (χ0) is 11.6. The van der Waals surface area contributed by atoms with Gasteiger partial charge in [0.1, 0.15) is 0 Å². The lowest BCUT2D eigenvalue weighted by molar-refractivity contribution is -0.387. The van der Waals surface area contributed by atoms with Crippen molar-refractivity contribution in [3.63, 3.8) is 0 Å². The summed E-state index contributed by atoms with van der Waals surface area (Å²) in [7, 11) is 0. The first kappa shape index (κ1) is 11.8. The molecule has 1 rings (SSSR count). The molecule has 0 radical (unpaired) electrons. The first-order valence-electron chi connectivity index (χ1n) is 3.50.